The molecular formula is C28H20ClN3O3S. The summed E-state index contributed by atoms with van der Waals surface area (Å²) in [5, 5.41) is 13.9. The van der Waals surface area contributed by atoms with Crippen LogP contribution in [0.1, 0.15) is 15.9 Å². The number of anilines is 1. The third-order valence-corrected chi connectivity index (χ3v) is 6.48. The van der Waals surface area contributed by atoms with Crippen LogP contribution in [-0.2, 0) is 9.53 Å². The van der Waals surface area contributed by atoms with Crippen LogP contribution in [0.4, 0.5) is 5.69 Å². The van der Waals surface area contributed by atoms with Crippen molar-refractivity contribution >= 4 is 40.9 Å². The molecule has 36 heavy (non-hydrogen) atoms. The molecule has 0 fully saturated rings. The molecule has 0 saturated carbocycles. The molecule has 0 bridgehead atoms. The van der Waals surface area contributed by atoms with Crippen molar-refractivity contribution < 1.29 is 14.3 Å². The molecule has 4 aromatic rings. The summed E-state index contributed by atoms with van der Waals surface area (Å²) in [6.45, 7) is 0. The van der Waals surface area contributed by atoms with Gasteiger partial charge in [0.25, 0.3) is 0 Å². The molecule has 1 heterocycles. The Bertz CT molecular complexity index is 1430. The molecule has 4 rings (SSSR count). The number of nitrogens with one attached hydrogen (secondary N) is 1. The summed E-state index contributed by atoms with van der Waals surface area (Å²) in [4.78, 5) is 29.0. The average molecular weight is 514 g/mol. The van der Waals surface area contributed by atoms with Gasteiger partial charge in [-0.2, -0.15) is 5.26 Å². The molecular weight excluding hydrogens is 494 g/mol. The van der Waals surface area contributed by atoms with Crippen molar-refractivity contribution in [2.24, 2.45) is 0 Å². The van der Waals surface area contributed by atoms with E-state index in [9.17, 15) is 14.9 Å². The minimum atomic E-state index is -0.451. The van der Waals surface area contributed by atoms with Crippen LogP contribution in [0.3, 0.4) is 0 Å². The second kappa shape index (κ2) is 11.5. The molecule has 0 atom stereocenters. The number of thioether (sulfide) groups is 1. The van der Waals surface area contributed by atoms with Crippen LogP contribution in [0.15, 0.2) is 90.0 Å². The van der Waals surface area contributed by atoms with E-state index in [1.807, 2.05) is 48.5 Å². The number of hydrogen-bond donors (Lipinski definition) is 1. The number of amides is 1. The fraction of sp³-hybridized carbons (Fsp3) is 0.0714. The van der Waals surface area contributed by atoms with Crippen molar-refractivity contribution in [2.45, 2.75) is 5.03 Å². The first-order chi connectivity index (χ1) is 17.5. The van der Waals surface area contributed by atoms with Crippen molar-refractivity contribution in [1.29, 1.82) is 5.26 Å². The smallest absolute Gasteiger partial charge is 0.337 e. The summed E-state index contributed by atoms with van der Waals surface area (Å²) in [5.41, 5.74) is 4.47. The fourth-order valence-corrected chi connectivity index (χ4v) is 4.42. The van der Waals surface area contributed by atoms with Crippen LogP contribution in [0, 0.1) is 11.3 Å². The quantitative estimate of drug-likeness (QED) is 0.225. The van der Waals surface area contributed by atoms with E-state index in [1.165, 1.54) is 18.9 Å². The Morgan fingerprint density at radius 2 is 1.69 bits per heavy atom. The fourth-order valence-electron chi connectivity index (χ4n) is 3.49. The van der Waals surface area contributed by atoms with Gasteiger partial charge in [-0.1, -0.05) is 65.8 Å². The Labute approximate surface area is 217 Å². The zero-order valence-electron chi connectivity index (χ0n) is 19.2. The predicted octanol–water partition coefficient (Wildman–Crippen LogP) is 6.46. The van der Waals surface area contributed by atoms with Gasteiger partial charge in [0.15, 0.2) is 0 Å². The lowest BCUT2D eigenvalue weighted by Crippen LogP contribution is -2.14. The average Bonchev–Trinajstić information content (AvgIpc) is 2.92. The molecule has 0 saturated heterocycles. The van der Waals surface area contributed by atoms with Gasteiger partial charge in [-0.25, -0.2) is 9.78 Å². The van der Waals surface area contributed by atoms with E-state index in [0.717, 1.165) is 16.7 Å². The monoisotopic (exact) mass is 513 g/mol. The van der Waals surface area contributed by atoms with E-state index in [4.69, 9.17) is 16.6 Å². The molecule has 0 aliphatic carbocycles. The van der Waals surface area contributed by atoms with Gasteiger partial charge < -0.3 is 10.1 Å². The lowest BCUT2D eigenvalue weighted by atomic mass is 9.99. The summed E-state index contributed by atoms with van der Waals surface area (Å²) >= 11 is 7.24. The number of carbonyl (C=O) groups excluding carboxylic acids is 2. The standard InChI is InChI=1S/C28H20ClN3O3S/c1-35-28(34)20-9-13-22(14-10-20)31-26(33)17-36-27-24(16-30)23(18-5-3-2-4-6-18)15-25(32-27)19-7-11-21(29)12-8-19/h2-15H,17H2,1H3,(H,31,33). The number of nitrogens with zero attached hydrogens (tertiary/aromatic N) is 2. The number of nitriles is 1. The number of esters is 1. The highest BCUT2D eigenvalue weighted by Gasteiger charge is 2.17. The highest BCUT2D eigenvalue weighted by Crippen LogP contribution is 2.34. The van der Waals surface area contributed by atoms with Gasteiger partial charge in [0.1, 0.15) is 11.1 Å². The third kappa shape index (κ3) is 5.92. The second-order valence-corrected chi connectivity index (χ2v) is 9.03. The topological polar surface area (TPSA) is 92.1 Å². The number of rotatable bonds is 7. The van der Waals surface area contributed by atoms with Crippen molar-refractivity contribution in [3.63, 3.8) is 0 Å². The van der Waals surface area contributed by atoms with Crippen LogP contribution in [0.25, 0.3) is 22.4 Å². The van der Waals surface area contributed by atoms with Crippen molar-refractivity contribution in [2.75, 3.05) is 18.2 Å². The van der Waals surface area contributed by atoms with Gasteiger partial charge in [0, 0.05) is 21.8 Å². The molecule has 0 radical (unpaired) electrons. The summed E-state index contributed by atoms with van der Waals surface area (Å²) < 4.78 is 4.69. The van der Waals surface area contributed by atoms with Crippen LogP contribution in [0.5, 0.6) is 0 Å². The number of methoxy groups -OCH3 is 1. The maximum atomic E-state index is 12.7. The minimum Gasteiger partial charge on any atom is -0.465 e. The Kier molecular flexibility index (Phi) is 8.01. The molecule has 1 amide bonds. The number of hydrogen-bond acceptors (Lipinski definition) is 6. The summed E-state index contributed by atoms with van der Waals surface area (Å²) in [5.74, 6) is -0.679. The summed E-state index contributed by atoms with van der Waals surface area (Å²) in [7, 11) is 1.31. The zero-order chi connectivity index (χ0) is 25.5. The molecule has 1 N–H and O–H groups in total. The maximum Gasteiger partial charge on any atom is 0.337 e. The number of ether oxygens (including phenoxy) is 1. The molecule has 6 nitrogen and oxygen atoms in total. The molecule has 0 unspecified atom stereocenters. The highest BCUT2D eigenvalue weighted by atomic mass is 35.5. The Morgan fingerprint density at radius 3 is 2.33 bits per heavy atom. The molecule has 0 aliphatic heterocycles. The Hall–Kier alpha value is -4.12. The first-order valence-electron chi connectivity index (χ1n) is 10.9. The highest BCUT2D eigenvalue weighted by molar-refractivity contribution is 8.00. The number of benzene rings is 3. The van der Waals surface area contributed by atoms with E-state index in [-0.39, 0.29) is 11.7 Å². The first kappa shape index (κ1) is 25.0. The Morgan fingerprint density at radius 1 is 1.00 bits per heavy atom. The lowest BCUT2D eigenvalue weighted by molar-refractivity contribution is -0.113. The molecule has 8 heteroatoms. The molecule has 0 spiro atoms. The van der Waals surface area contributed by atoms with Crippen molar-refractivity contribution in [1.82, 2.24) is 4.98 Å². The first-order valence-corrected chi connectivity index (χ1v) is 12.2. The van der Waals surface area contributed by atoms with Gasteiger partial charge in [-0.05, 0) is 48.0 Å². The van der Waals surface area contributed by atoms with Crippen LogP contribution in [0.2, 0.25) is 5.02 Å². The summed E-state index contributed by atoms with van der Waals surface area (Å²) in [6, 6.07) is 27.4. The van der Waals surface area contributed by atoms with E-state index in [1.54, 1.807) is 36.4 Å². The lowest BCUT2D eigenvalue weighted by Gasteiger charge is -2.13. The van der Waals surface area contributed by atoms with Crippen molar-refractivity contribution in [3.05, 3.63) is 101 Å². The molecule has 3 aromatic carbocycles. The normalized spacial score (nSPS) is 10.4. The largest absolute Gasteiger partial charge is 0.465 e. The molecule has 0 aliphatic rings. The van der Waals surface area contributed by atoms with Gasteiger partial charge >= 0.3 is 5.97 Å². The maximum absolute atomic E-state index is 12.7. The Balaban J connectivity index is 1.60. The van der Waals surface area contributed by atoms with Gasteiger partial charge in [0.05, 0.1) is 29.7 Å². The predicted molar refractivity (Wildman–Crippen MR) is 142 cm³/mol. The second-order valence-electron chi connectivity index (χ2n) is 7.63. The number of aromatic nitrogens is 1. The minimum absolute atomic E-state index is 0.0404. The van der Waals surface area contributed by atoms with Crippen LogP contribution < -0.4 is 5.32 Å². The SMILES string of the molecule is COC(=O)c1ccc(NC(=O)CSc2nc(-c3ccc(Cl)cc3)cc(-c3ccccc3)c2C#N)cc1. The van der Waals surface area contributed by atoms with Crippen LogP contribution in [-0.4, -0.2) is 29.7 Å². The number of halogens is 1. The van der Waals surface area contributed by atoms with Gasteiger partial charge in [-0.3, -0.25) is 4.79 Å². The van der Waals surface area contributed by atoms with Gasteiger partial charge in [0.2, 0.25) is 5.91 Å². The van der Waals surface area contributed by atoms with E-state index >= 15 is 0 Å². The number of pyridine rings is 1. The van der Waals surface area contributed by atoms with E-state index < -0.39 is 5.97 Å². The van der Waals surface area contributed by atoms with E-state index in [2.05, 4.69) is 16.1 Å². The van der Waals surface area contributed by atoms with Gasteiger partial charge in [-0.15, -0.1) is 0 Å². The van der Waals surface area contributed by atoms with Crippen molar-refractivity contribution in [3.8, 4) is 28.5 Å². The molecule has 1 aromatic heterocycles. The zero-order valence-corrected chi connectivity index (χ0v) is 20.8. The molecule has 178 valence electrons. The number of carbonyl (C=O) groups is 2. The third-order valence-electron chi connectivity index (χ3n) is 5.25. The van der Waals surface area contributed by atoms with Crippen LogP contribution >= 0.6 is 23.4 Å². The van der Waals surface area contributed by atoms with E-state index in [0.29, 0.717) is 32.6 Å². The summed E-state index contributed by atoms with van der Waals surface area (Å²) in [6.07, 6.45) is 0.